The van der Waals surface area contributed by atoms with Crippen LogP contribution in [0.3, 0.4) is 0 Å². The molecule has 1 aliphatic carbocycles. The first-order valence-electron chi connectivity index (χ1n) is 5.99. The van der Waals surface area contributed by atoms with Gasteiger partial charge in [-0.1, -0.05) is 0 Å². The third-order valence-corrected chi connectivity index (χ3v) is 3.53. The highest BCUT2D eigenvalue weighted by molar-refractivity contribution is 5.63. The molecule has 1 unspecified atom stereocenters. The fourth-order valence-electron chi connectivity index (χ4n) is 2.19. The molecule has 1 aromatic rings. The normalized spacial score (nSPS) is 17.9. The largest absolute Gasteiger partial charge is 0.373 e. The molecule has 19 heavy (non-hydrogen) atoms. The Hall–Kier alpha value is -1.76. The number of anilines is 1. The minimum absolute atomic E-state index is 0.164. The zero-order valence-corrected chi connectivity index (χ0v) is 10.5. The Kier molecular flexibility index (Phi) is 3.40. The number of hydrogen-bond donors (Lipinski definition) is 2. The van der Waals surface area contributed by atoms with Crippen molar-refractivity contribution in [3.63, 3.8) is 0 Å². The topological polar surface area (TPSA) is 81.2 Å². The van der Waals surface area contributed by atoms with Crippen LogP contribution in [0.5, 0.6) is 0 Å². The average Bonchev–Trinajstić information content (AvgIpc) is 3.11. The highest BCUT2D eigenvalue weighted by Crippen LogP contribution is 2.42. The van der Waals surface area contributed by atoms with Gasteiger partial charge in [-0.2, -0.15) is 4.39 Å². The Morgan fingerprint density at radius 2 is 2.16 bits per heavy atom. The van der Waals surface area contributed by atoms with E-state index in [1.807, 2.05) is 0 Å². The predicted octanol–water partition coefficient (Wildman–Crippen LogP) is 2.41. The van der Waals surface area contributed by atoms with Gasteiger partial charge in [0.25, 0.3) is 0 Å². The molecule has 5 nitrogen and oxygen atoms in total. The number of hydrogen-bond acceptors (Lipinski definition) is 4. The molecular weight excluding hydrogens is 256 g/mol. The van der Waals surface area contributed by atoms with E-state index in [2.05, 4.69) is 5.32 Å². The summed E-state index contributed by atoms with van der Waals surface area (Å²) in [4.78, 5) is 10.0. The van der Waals surface area contributed by atoms with E-state index in [1.165, 1.54) is 0 Å². The summed E-state index contributed by atoms with van der Waals surface area (Å²) in [5.41, 5.74) is 4.17. The van der Waals surface area contributed by atoms with E-state index in [9.17, 15) is 18.9 Å². The van der Waals surface area contributed by atoms with Crippen LogP contribution in [0.2, 0.25) is 0 Å². The number of rotatable bonds is 5. The van der Waals surface area contributed by atoms with Gasteiger partial charge in [0.15, 0.2) is 0 Å². The van der Waals surface area contributed by atoms with Crippen LogP contribution in [0.15, 0.2) is 12.1 Å². The molecule has 0 aromatic heterocycles. The number of benzene rings is 1. The van der Waals surface area contributed by atoms with E-state index in [1.54, 1.807) is 6.92 Å². The number of nitro groups is 1. The molecule has 0 aliphatic heterocycles. The van der Waals surface area contributed by atoms with Crippen LogP contribution >= 0.6 is 0 Å². The Balaban J connectivity index is 2.40. The zero-order chi connectivity index (χ0) is 14.2. The Morgan fingerprint density at radius 3 is 2.63 bits per heavy atom. The molecule has 1 aromatic carbocycles. The maximum atomic E-state index is 13.5. The molecule has 1 saturated carbocycles. The van der Waals surface area contributed by atoms with Crippen LogP contribution in [-0.2, 0) is 0 Å². The van der Waals surface area contributed by atoms with Gasteiger partial charge in [0, 0.05) is 24.2 Å². The fraction of sp³-hybridized carbons (Fsp3) is 0.500. The van der Waals surface area contributed by atoms with Crippen LogP contribution in [0.25, 0.3) is 0 Å². The van der Waals surface area contributed by atoms with Crippen molar-refractivity contribution < 1.29 is 13.7 Å². The maximum absolute atomic E-state index is 13.5. The van der Waals surface area contributed by atoms with Gasteiger partial charge in [0.1, 0.15) is 11.5 Å². The van der Waals surface area contributed by atoms with Crippen molar-refractivity contribution in [1.82, 2.24) is 0 Å². The second-order valence-electron chi connectivity index (χ2n) is 5.06. The van der Waals surface area contributed by atoms with Crippen LogP contribution in [0.4, 0.5) is 20.2 Å². The first kappa shape index (κ1) is 13.7. The van der Waals surface area contributed by atoms with Crippen molar-refractivity contribution in [3.8, 4) is 0 Å². The van der Waals surface area contributed by atoms with Gasteiger partial charge in [-0.05, 0) is 25.7 Å². The van der Waals surface area contributed by atoms with E-state index in [-0.39, 0.29) is 18.2 Å². The number of nitro benzene ring substituents is 1. The van der Waals surface area contributed by atoms with Crippen molar-refractivity contribution in [1.29, 1.82) is 0 Å². The van der Waals surface area contributed by atoms with Gasteiger partial charge in [0.05, 0.1) is 4.92 Å². The summed E-state index contributed by atoms with van der Waals surface area (Å²) in [6, 6.07) is 1.43. The second-order valence-corrected chi connectivity index (χ2v) is 5.06. The SMILES string of the molecule is CC(CN)(Nc1cc(F)cc(F)c1[N+](=O)[O-])C1CC1. The first-order chi connectivity index (χ1) is 8.87. The number of nitrogens with zero attached hydrogens (tertiary/aromatic N) is 1. The highest BCUT2D eigenvalue weighted by Gasteiger charge is 2.41. The summed E-state index contributed by atoms with van der Waals surface area (Å²) in [7, 11) is 0. The first-order valence-corrected chi connectivity index (χ1v) is 5.99. The molecule has 0 heterocycles. The predicted molar refractivity (Wildman–Crippen MR) is 66.8 cm³/mol. The molecule has 0 saturated heterocycles. The van der Waals surface area contributed by atoms with E-state index in [4.69, 9.17) is 5.73 Å². The number of nitrogens with two attached hydrogens (primary N) is 1. The lowest BCUT2D eigenvalue weighted by Gasteiger charge is -2.30. The van der Waals surface area contributed by atoms with Crippen LogP contribution in [0.1, 0.15) is 19.8 Å². The molecule has 7 heteroatoms. The summed E-state index contributed by atoms with van der Waals surface area (Å²) < 4.78 is 26.7. The Morgan fingerprint density at radius 1 is 1.53 bits per heavy atom. The third-order valence-electron chi connectivity index (χ3n) is 3.53. The third kappa shape index (κ3) is 2.65. The fourth-order valence-corrected chi connectivity index (χ4v) is 2.19. The van der Waals surface area contributed by atoms with Gasteiger partial charge in [-0.25, -0.2) is 4.39 Å². The number of halogens is 2. The summed E-state index contributed by atoms with van der Waals surface area (Å²) in [5.74, 6) is -1.79. The smallest absolute Gasteiger partial charge is 0.327 e. The molecule has 104 valence electrons. The molecule has 1 atom stereocenters. The summed E-state index contributed by atoms with van der Waals surface area (Å²) in [6.07, 6.45) is 1.90. The van der Waals surface area contributed by atoms with Crippen LogP contribution < -0.4 is 11.1 Å². The van der Waals surface area contributed by atoms with Crippen molar-refractivity contribution in [2.45, 2.75) is 25.3 Å². The van der Waals surface area contributed by atoms with Crippen molar-refractivity contribution in [3.05, 3.63) is 33.9 Å². The standard InChI is InChI=1S/C12H15F2N3O2/c1-12(6-15,7-2-3-7)16-10-5-8(13)4-9(14)11(10)17(18)19/h4-5,7,16H,2-3,6,15H2,1H3. The van der Waals surface area contributed by atoms with E-state index < -0.39 is 27.8 Å². The molecular formula is C12H15F2N3O2. The van der Waals surface area contributed by atoms with E-state index in [0.717, 1.165) is 18.9 Å². The van der Waals surface area contributed by atoms with Gasteiger partial charge in [-0.15, -0.1) is 0 Å². The minimum Gasteiger partial charge on any atom is -0.373 e. The lowest BCUT2D eigenvalue weighted by Crippen LogP contribution is -2.44. The molecule has 2 rings (SSSR count). The second kappa shape index (κ2) is 4.73. The summed E-state index contributed by atoms with van der Waals surface area (Å²) >= 11 is 0. The highest BCUT2D eigenvalue weighted by atomic mass is 19.1. The van der Waals surface area contributed by atoms with Crippen LogP contribution in [0, 0.1) is 27.7 Å². The minimum atomic E-state index is -1.19. The lowest BCUT2D eigenvalue weighted by molar-refractivity contribution is -0.386. The average molecular weight is 271 g/mol. The summed E-state index contributed by atoms with van der Waals surface area (Å²) in [6.45, 7) is 2.03. The zero-order valence-electron chi connectivity index (χ0n) is 10.5. The molecule has 1 aliphatic rings. The summed E-state index contributed by atoms with van der Waals surface area (Å²) in [5, 5.41) is 13.7. The van der Waals surface area contributed by atoms with Gasteiger partial charge in [-0.3, -0.25) is 10.1 Å². The quantitative estimate of drug-likeness (QED) is 0.636. The van der Waals surface area contributed by atoms with E-state index >= 15 is 0 Å². The molecule has 1 fully saturated rings. The van der Waals surface area contributed by atoms with Gasteiger partial charge < -0.3 is 11.1 Å². The van der Waals surface area contributed by atoms with Gasteiger partial charge >= 0.3 is 5.69 Å². The molecule has 0 spiro atoms. The monoisotopic (exact) mass is 271 g/mol. The molecule has 0 radical (unpaired) electrons. The Labute approximate surface area is 108 Å². The maximum Gasteiger partial charge on any atom is 0.327 e. The molecule has 3 N–H and O–H groups in total. The van der Waals surface area contributed by atoms with Crippen molar-refractivity contribution in [2.75, 3.05) is 11.9 Å². The molecule has 0 amide bonds. The number of nitrogens with one attached hydrogen (secondary N) is 1. The van der Waals surface area contributed by atoms with Crippen molar-refractivity contribution in [2.24, 2.45) is 11.7 Å². The lowest BCUT2D eigenvalue weighted by atomic mass is 9.95. The van der Waals surface area contributed by atoms with E-state index in [0.29, 0.717) is 6.07 Å². The van der Waals surface area contributed by atoms with Crippen LogP contribution in [-0.4, -0.2) is 17.0 Å². The molecule has 0 bridgehead atoms. The van der Waals surface area contributed by atoms with Gasteiger partial charge in [0.2, 0.25) is 5.82 Å². The Bertz CT molecular complexity index is 520. The van der Waals surface area contributed by atoms with Crippen molar-refractivity contribution >= 4 is 11.4 Å².